The second kappa shape index (κ2) is 17.0. The maximum Gasteiger partial charge on any atom is 0.569 e. The fraction of sp³-hybridized carbons (Fsp3) is 0.133. The highest BCUT2D eigenvalue weighted by Crippen LogP contribution is 2.33. The van der Waals surface area contributed by atoms with Crippen LogP contribution in [0.3, 0.4) is 0 Å². The van der Waals surface area contributed by atoms with Crippen molar-refractivity contribution in [3.05, 3.63) is 100 Å². The molecule has 16 heteroatoms. The number of rotatable bonds is 9. The van der Waals surface area contributed by atoms with Gasteiger partial charge in [-0.05, 0) is 72.3 Å². The molecule has 243 valence electrons. The monoisotopic (exact) mass is 739 g/mol. The van der Waals surface area contributed by atoms with Crippen molar-refractivity contribution in [2.75, 3.05) is 26.7 Å². The molecule has 0 spiro atoms. The highest BCUT2D eigenvalue weighted by atomic mass is 79.9. The van der Waals surface area contributed by atoms with Gasteiger partial charge < -0.3 is 19.2 Å². The molecule has 0 aromatic heterocycles. The van der Waals surface area contributed by atoms with Gasteiger partial charge in [0, 0.05) is 33.7 Å². The number of benzene rings is 4. The highest BCUT2D eigenvalue weighted by Gasteiger charge is 2.17. The zero-order chi connectivity index (χ0) is 34.7. The molecule has 0 heterocycles. The number of ether oxygens (including phenoxy) is 2. The lowest BCUT2D eigenvalue weighted by atomic mass is 10.0. The third kappa shape index (κ3) is 10.8. The summed E-state index contributed by atoms with van der Waals surface area (Å²) in [6.45, 7) is 0. The fourth-order valence-electron chi connectivity index (χ4n) is 3.66. The summed E-state index contributed by atoms with van der Waals surface area (Å²) in [6, 6.07) is 16.9. The molecule has 0 saturated heterocycles. The second-order valence-electron chi connectivity index (χ2n) is 9.09. The Balaban J connectivity index is 0.000000255. The average Bonchev–Trinajstić information content (AvgIpc) is 3.01. The van der Waals surface area contributed by atoms with Gasteiger partial charge in [0.2, 0.25) is 0 Å². The van der Waals surface area contributed by atoms with Crippen LogP contribution >= 0.6 is 15.9 Å². The number of carbonyl (C=O) groups is 2. The Labute approximate surface area is 274 Å². The van der Waals surface area contributed by atoms with Crippen LogP contribution in [-0.4, -0.2) is 68.8 Å². The van der Waals surface area contributed by atoms with Crippen molar-refractivity contribution in [3.63, 3.8) is 0 Å². The van der Waals surface area contributed by atoms with E-state index in [9.17, 15) is 35.2 Å². The third-order valence-electron chi connectivity index (χ3n) is 5.80. The van der Waals surface area contributed by atoms with E-state index in [0.717, 1.165) is 24.6 Å². The third-order valence-corrected chi connectivity index (χ3v) is 8.51. The van der Waals surface area contributed by atoms with Crippen molar-refractivity contribution in [2.24, 2.45) is 0 Å². The zero-order valence-electron chi connectivity index (χ0n) is 24.7. The minimum atomic E-state index is -3.68. The summed E-state index contributed by atoms with van der Waals surface area (Å²) in [7, 11) is -3.68. The van der Waals surface area contributed by atoms with Gasteiger partial charge in [0.05, 0.1) is 14.2 Å². The van der Waals surface area contributed by atoms with E-state index >= 15 is 0 Å². The van der Waals surface area contributed by atoms with Crippen LogP contribution in [0, 0.1) is 11.6 Å². The average molecular weight is 740 g/mol. The summed E-state index contributed by atoms with van der Waals surface area (Å²) in [4.78, 5) is 20.6. The van der Waals surface area contributed by atoms with E-state index in [0.29, 0.717) is 64.2 Å². The first-order valence-corrected chi connectivity index (χ1v) is 17.2. The molecule has 0 unspecified atom stereocenters. The largest absolute Gasteiger partial charge is 0.569 e. The summed E-state index contributed by atoms with van der Waals surface area (Å²) < 4.78 is 87.0. The number of carbonyl (C=O) groups excluding carboxylic acids is 2. The van der Waals surface area contributed by atoms with Gasteiger partial charge in [-0.1, -0.05) is 22.0 Å². The summed E-state index contributed by atoms with van der Waals surface area (Å²) >= 11 is 3.06. The minimum absolute atomic E-state index is 0.281. The molecule has 10 nitrogen and oxygen atoms in total. The lowest BCUT2D eigenvalue weighted by Crippen LogP contribution is -2.02. The molecular weight excluding hydrogens is 713 g/mol. The van der Waals surface area contributed by atoms with Crippen LogP contribution in [0.5, 0.6) is 17.2 Å². The number of aldehydes is 2. The molecule has 0 atom stereocenters. The maximum absolute atomic E-state index is 13.6. The van der Waals surface area contributed by atoms with Crippen LogP contribution in [0.2, 0.25) is 0 Å². The van der Waals surface area contributed by atoms with Crippen LogP contribution in [0.1, 0.15) is 20.7 Å². The van der Waals surface area contributed by atoms with Crippen molar-refractivity contribution in [1.82, 2.24) is 0 Å². The van der Waals surface area contributed by atoms with Gasteiger partial charge in [-0.2, -0.15) is 0 Å². The lowest BCUT2D eigenvalue weighted by Gasteiger charge is -2.11. The van der Waals surface area contributed by atoms with E-state index in [1.807, 2.05) is 0 Å². The topological polar surface area (TPSA) is 150 Å². The number of halogens is 3. The van der Waals surface area contributed by atoms with Crippen LogP contribution in [0.4, 0.5) is 8.78 Å². The van der Waals surface area contributed by atoms with E-state index < -0.39 is 36.2 Å². The van der Waals surface area contributed by atoms with Crippen molar-refractivity contribution in [2.45, 2.75) is 9.79 Å². The first-order chi connectivity index (χ1) is 21.6. The molecule has 1 N–H and O–H groups in total. The second-order valence-corrected chi connectivity index (χ2v) is 14.0. The molecule has 0 saturated carbocycles. The van der Waals surface area contributed by atoms with Crippen LogP contribution in [0.25, 0.3) is 11.1 Å². The number of sulfone groups is 2. The number of hydrogen-bond acceptors (Lipinski definition) is 10. The Morgan fingerprint density at radius 3 is 1.67 bits per heavy atom. The van der Waals surface area contributed by atoms with Crippen LogP contribution < -0.4 is 14.1 Å². The molecule has 0 bridgehead atoms. The molecule has 0 aliphatic heterocycles. The molecule has 4 rings (SSSR count). The molecule has 0 aliphatic rings. The SMILES string of the molecule is COc1ccc(C=O)cc1-c1ccc(F)c(S(C)(=O)=O)c1.COc1ccc(C=O)cc1O[B]O.CS(=O)(=O)c1cc(Br)ccc1F. The normalized spacial score (nSPS) is 10.7. The summed E-state index contributed by atoms with van der Waals surface area (Å²) in [5, 5.41) is 8.41. The van der Waals surface area contributed by atoms with Gasteiger partial charge >= 0.3 is 7.69 Å². The quantitative estimate of drug-likeness (QED) is 0.181. The Bertz CT molecular complexity index is 1920. The predicted molar refractivity (Wildman–Crippen MR) is 171 cm³/mol. The van der Waals surface area contributed by atoms with Crippen molar-refractivity contribution < 1.29 is 54.4 Å². The van der Waals surface area contributed by atoms with Gasteiger partial charge in [0.25, 0.3) is 0 Å². The van der Waals surface area contributed by atoms with Gasteiger partial charge in [-0.25, -0.2) is 25.6 Å². The van der Waals surface area contributed by atoms with Crippen LogP contribution in [-0.2, 0) is 19.7 Å². The molecule has 46 heavy (non-hydrogen) atoms. The summed E-state index contributed by atoms with van der Waals surface area (Å²) in [5.41, 5.74) is 1.85. The van der Waals surface area contributed by atoms with Crippen molar-refractivity contribution >= 4 is 55.9 Å². The molecule has 4 aromatic rings. The predicted octanol–water partition coefficient (Wildman–Crippen LogP) is 5.12. The zero-order valence-corrected chi connectivity index (χ0v) is 28.0. The smallest absolute Gasteiger partial charge is 0.535 e. The molecule has 0 aliphatic carbocycles. The molecule has 1 radical (unpaired) electrons. The van der Waals surface area contributed by atoms with Gasteiger partial charge in [0.15, 0.2) is 25.4 Å². The molecule has 0 amide bonds. The maximum atomic E-state index is 13.6. The standard InChI is InChI=1S/C15H13FO4S.C8H8BO4.C7H6BrFO2S/c1-20-14-6-3-10(9-17)7-12(14)11-4-5-13(16)15(8-11)21(2,18)19;1-12-7-3-2-6(5-10)4-8(7)13-9-11;1-12(10,11)7-4-5(8)2-3-6(7)9/h3-9H,1-2H3;2-5,11H,1H3;2-4H,1H3. The highest BCUT2D eigenvalue weighted by molar-refractivity contribution is 9.10. The van der Waals surface area contributed by atoms with E-state index in [4.69, 9.17) is 19.2 Å². The van der Waals surface area contributed by atoms with Gasteiger partial charge in [0.1, 0.15) is 45.5 Å². The van der Waals surface area contributed by atoms with Crippen molar-refractivity contribution in [3.8, 4) is 28.4 Å². The van der Waals surface area contributed by atoms with Gasteiger partial charge in [-0.3, -0.25) is 9.59 Å². The fourth-order valence-corrected chi connectivity index (χ4v) is 5.70. The van der Waals surface area contributed by atoms with E-state index in [1.54, 1.807) is 30.3 Å². The minimum Gasteiger partial charge on any atom is -0.535 e. The number of methoxy groups -OCH3 is 2. The first kappa shape index (κ1) is 38.1. The Morgan fingerprint density at radius 2 is 1.20 bits per heavy atom. The van der Waals surface area contributed by atoms with E-state index in [-0.39, 0.29) is 4.90 Å². The van der Waals surface area contributed by atoms with Crippen molar-refractivity contribution in [1.29, 1.82) is 0 Å². The Hall–Kier alpha value is -4.12. The van der Waals surface area contributed by atoms with Gasteiger partial charge in [-0.15, -0.1) is 0 Å². The summed E-state index contributed by atoms with van der Waals surface area (Å²) in [6.07, 6.45) is 3.26. The van der Waals surface area contributed by atoms with E-state index in [2.05, 4.69) is 15.9 Å². The Kier molecular flexibility index (Phi) is 14.1. The van der Waals surface area contributed by atoms with E-state index in [1.165, 1.54) is 44.6 Å². The van der Waals surface area contributed by atoms with Crippen LogP contribution in [0.15, 0.2) is 87.1 Å². The molecular formula is C30H27BBrF2O10S2. The lowest BCUT2D eigenvalue weighted by molar-refractivity contribution is 0.111. The molecule has 0 fully saturated rings. The summed E-state index contributed by atoms with van der Waals surface area (Å²) in [5.74, 6) is -0.315. The number of hydrogen-bond donors (Lipinski definition) is 1. The molecule has 4 aromatic carbocycles. The Morgan fingerprint density at radius 1 is 0.696 bits per heavy atom. The first-order valence-electron chi connectivity index (χ1n) is 12.6.